The minimum absolute atomic E-state index is 0.0925. The normalized spacial score (nSPS) is 14.3. The molecule has 0 rings (SSSR count). The van der Waals surface area contributed by atoms with Crippen LogP contribution in [0.25, 0.3) is 0 Å². The van der Waals surface area contributed by atoms with Crippen molar-refractivity contribution in [2.75, 3.05) is 0 Å². The molecule has 0 bridgehead atoms. The maximum atomic E-state index is 11.4. The van der Waals surface area contributed by atoms with Crippen molar-refractivity contribution in [3.05, 3.63) is 12.8 Å². The highest BCUT2D eigenvalue weighted by Crippen LogP contribution is 2.32. The highest BCUT2D eigenvalue weighted by atomic mass is 16.5. The van der Waals surface area contributed by atoms with Crippen LogP contribution in [0.3, 0.4) is 0 Å². The van der Waals surface area contributed by atoms with Crippen molar-refractivity contribution < 1.29 is 9.53 Å². The summed E-state index contributed by atoms with van der Waals surface area (Å²) in [5.41, 5.74) is 0.0925. The van der Waals surface area contributed by atoms with Gasteiger partial charge in [-0.15, -0.1) is 0 Å². The lowest BCUT2D eigenvalue weighted by atomic mass is 9.79. The van der Waals surface area contributed by atoms with Gasteiger partial charge >= 0.3 is 5.97 Å². The fourth-order valence-corrected chi connectivity index (χ4v) is 1.68. The van der Waals surface area contributed by atoms with E-state index < -0.39 is 0 Å². The lowest BCUT2D eigenvalue weighted by molar-refractivity contribution is -0.140. The summed E-state index contributed by atoms with van der Waals surface area (Å²) in [6, 6.07) is 0. The molecule has 0 heterocycles. The van der Waals surface area contributed by atoms with E-state index in [4.69, 9.17) is 4.74 Å². The van der Waals surface area contributed by atoms with E-state index in [0.717, 1.165) is 12.8 Å². The molecule has 0 aliphatic carbocycles. The van der Waals surface area contributed by atoms with Crippen LogP contribution in [0.5, 0.6) is 0 Å². The van der Waals surface area contributed by atoms with Gasteiger partial charge in [0.2, 0.25) is 0 Å². The number of hydrogen-bond donors (Lipinski definition) is 0. The zero-order valence-corrected chi connectivity index (χ0v) is 10.3. The molecule has 0 saturated heterocycles. The van der Waals surface area contributed by atoms with Crippen LogP contribution >= 0.6 is 0 Å². The van der Waals surface area contributed by atoms with E-state index in [1.807, 2.05) is 0 Å². The van der Waals surface area contributed by atoms with Crippen molar-refractivity contribution in [2.45, 2.75) is 59.3 Å². The third-order valence-corrected chi connectivity index (χ3v) is 3.02. The number of hydrogen-bond acceptors (Lipinski definition) is 2. The Kier molecular flexibility index (Phi) is 7.10. The quantitative estimate of drug-likeness (QED) is 0.344. The summed E-state index contributed by atoms with van der Waals surface area (Å²) in [6.07, 6.45) is 7.49. The van der Waals surface area contributed by atoms with Gasteiger partial charge in [0.1, 0.15) is 0 Å². The van der Waals surface area contributed by atoms with E-state index in [9.17, 15) is 4.79 Å². The molecule has 0 fully saturated rings. The molecule has 88 valence electrons. The summed E-state index contributed by atoms with van der Waals surface area (Å²) in [4.78, 5) is 11.4. The summed E-state index contributed by atoms with van der Waals surface area (Å²) in [7, 11) is 0. The van der Waals surface area contributed by atoms with Gasteiger partial charge in [-0.1, -0.05) is 53.0 Å². The molecule has 0 aliphatic rings. The van der Waals surface area contributed by atoms with Crippen LogP contribution in [0.4, 0.5) is 0 Å². The van der Waals surface area contributed by atoms with E-state index in [-0.39, 0.29) is 11.4 Å². The molecule has 0 radical (unpaired) electrons. The van der Waals surface area contributed by atoms with Crippen LogP contribution in [0.15, 0.2) is 12.8 Å². The van der Waals surface area contributed by atoms with Crippen LogP contribution < -0.4 is 0 Å². The second-order valence-corrected chi connectivity index (χ2v) is 4.45. The Hall–Kier alpha value is -0.790. The lowest BCUT2D eigenvalue weighted by Gasteiger charge is -2.26. The SMILES string of the molecule is C=COC(=O)CC(C)(CC)CCCCC. The fourth-order valence-electron chi connectivity index (χ4n) is 1.68. The Labute approximate surface area is 93.7 Å². The Morgan fingerprint density at radius 3 is 2.53 bits per heavy atom. The van der Waals surface area contributed by atoms with Crippen molar-refractivity contribution in [2.24, 2.45) is 5.41 Å². The van der Waals surface area contributed by atoms with Crippen molar-refractivity contribution in [3.8, 4) is 0 Å². The molecule has 1 unspecified atom stereocenters. The Morgan fingerprint density at radius 2 is 2.07 bits per heavy atom. The van der Waals surface area contributed by atoms with Crippen molar-refractivity contribution in [1.29, 1.82) is 0 Å². The molecule has 0 spiro atoms. The fraction of sp³-hybridized carbons (Fsp3) is 0.769. The molecule has 1 atom stereocenters. The zero-order chi connectivity index (χ0) is 11.7. The molecule has 0 aromatic heterocycles. The van der Waals surface area contributed by atoms with Gasteiger partial charge in [-0.3, -0.25) is 4.79 Å². The smallest absolute Gasteiger partial charge is 0.311 e. The number of unbranched alkanes of at least 4 members (excludes halogenated alkanes) is 2. The Bertz CT molecular complexity index is 199. The third kappa shape index (κ3) is 6.32. The van der Waals surface area contributed by atoms with Gasteiger partial charge in [-0.2, -0.15) is 0 Å². The van der Waals surface area contributed by atoms with Gasteiger partial charge in [0.25, 0.3) is 0 Å². The van der Waals surface area contributed by atoms with Gasteiger partial charge in [0, 0.05) is 0 Å². The monoisotopic (exact) mass is 212 g/mol. The topological polar surface area (TPSA) is 26.3 Å². The summed E-state index contributed by atoms with van der Waals surface area (Å²) in [5, 5.41) is 0. The molecule has 15 heavy (non-hydrogen) atoms. The minimum atomic E-state index is -0.161. The van der Waals surface area contributed by atoms with E-state index in [2.05, 4.69) is 27.4 Å². The van der Waals surface area contributed by atoms with Crippen LogP contribution in [-0.4, -0.2) is 5.97 Å². The van der Waals surface area contributed by atoms with Crippen LogP contribution in [0.1, 0.15) is 59.3 Å². The molecular weight excluding hydrogens is 188 g/mol. The van der Waals surface area contributed by atoms with Gasteiger partial charge in [0.05, 0.1) is 12.7 Å². The van der Waals surface area contributed by atoms with Gasteiger partial charge < -0.3 is 4.74 Å². The van der Waals surface area contributed by atoms with Crippen molar-refractivity contribution >= 4 is 5.97 Å². The second kappa shape index (κ2) is 7.49. The summed E-state index contributed by atoms with van der Waals surface area (Å²) in [6.45, 7) is 9.87. The maximum absolute atomic E-state index is 11.4. The standard InChI is InChI=1S/C13H24O2/c1-5-8-9-10-13(4,6-2)11-12(14)15-7-3/h7H,3,5-6,8-11H2,1-2,4H3. The average molecular weight is 212 g/mol. The molecule has 0 aromatic rings. The van der Waals surface area contributed by atoms with E-state index in [0.29, 0.717) is 6.42 Å². The highest BCUT2D eigenvalue weighted by Gasteiger charge is 2.25. The molecule has 0 aliphatic heterocycles. The van der Waals surface area contributed by atoms with Gasteiger partial charge in [-0.05, 0) is 11.8 Å². The van der Waals surface area contributed by atoms with E-state index in [1.165, 1.54) is 25.5 Å². The first-order chi connectivity index (χ1) is 7.08. The van der Waals surface area contributed by atoms with Crippen molar-refractivity contribution in [1.82, 2.24) is 0 Å². The summed E-state index contributed by atoms with van der Waals surface area (Å²) >= 11 is 0. The summed E-state index contributed by atoms with van der Waals surface area (Å²) < 4.78 is 4.77. The van der Waals surface area contributed by atoms with E-state index in [1.54, 1.807) is 0 Å². The highest BCUT2D eigenvalue weighted by molar-refractivity contribution is 5.70. The first-order valence-electron chi connectivity index (χ1n) is 5.88. The van der Waals surface area contributed by atoms with Crippen molar-refractivity contribution in [3.63, 3.8) is 0 Å². The maximum Gasteiger partial charge on any atom is 0.311 e. The molecule has 0 N–H and O–H groups in total. The Morgan fingerprint density at radius 1 is 1.40 bits per heavy atom. The first kappa shape index (κ1) is 14.2. The predicted molar refractivity (Wildman–Crippen MR) is 63.4 cm³/mol. The van der Waals surface area contributed by atoms with Crippen LogP contribution in [0.2, 0.25) is 0 Å². The number of carbonyl (C=O) groups is 1. The molecule has 0 aromatic carbocycles. The first-order valence-corrected chi connectivity index (χ1v) is 5.88. The Balaban J connectivity index is 4.05. The minimum Gasteiger partial charge on any atom is -0.435 e. The van der Waals surface area contributed by atoms with Gasteiger partial charge in [-0.25, -0.2) is 0 Å². The molecular formula is C13H24O2. The second-order valence-electron chi connectivity index (χ2n) is 4.45. The number of ether oxygens (including phenoxy) is 1. The molecule has 0 saturated carbocycles. The average Bonchev–Trinajstić information content (AvgIpc) is 2.18. The lowest BCUT2D eigenvalue weighted by Crippen LogP contribution is -2.20. The molecule has 2 nitrogen and oxygen atoms in total. The number of carbonyl (C=O) groups excluding carboxylic acids is 1. The molecule has 2 heteroatoms. The molecule has 0 amide bonds. The van der Waals surface area contributed by atoms with E-state index >= 15 is 0 Å². The number of esters is 1. The van der Waals surface area contributed by atoms with Gasteiger partial charge in [0.15, 0.2) is 0 Å². The largest absolute Gasteiger partial charge is 0.435 e. The number of rotatable bonds is 8. The summed E-state index contributed by atoms with van der Waals surface area (Å²) in [5.74, 6) is -0.161. The predicted octanol–water partition coefficient (Wildman–Crippen LogP) is 4.06. The van der Waals surface area contributed by atoms with Crippen LogP contribution in [-0.2, 0) is 9.53 Å². The third-order valence-electron chi connectivity index (χ3n) is 3.02. The van der Waals surface area contributed by atoms with Crippen LogP contribution in [0, 0.1) is 5.41 Å². The zero-order valence-electron chi connectivity index (χ0n) is 10.3.